The number of phenols is 1. The van der Waals surface area contributed by atoms with Crippen LogP contribution in [0.5, 0.6) is 11.5 Å². The summed E-state index contributed by atoms with van der Waals surface area (Å²) in [6.07, 6.45) is -1.10. The van der Waals surface area contributed by atoms with Gasteiger partial charge in [-0.15, -0.1) is 0 Å². The molecule has 2 aromatic rings. The summed E-state index contributed by atoms with van der Waals surface area (Å²) >= 11 is 0. The Morgan fingerprint density at radius 1 is 0.950 bits per heavy atom. The molecule has 0 fully saturated rings. The molecule has 0 heterocycles. The Kier molecular flexibility index (Phi) is 4.98. The summed E-state index contributed by atoms with van der Waals surface area (Å²) in [5, 5.41) is 28.7. The molecule has 0 unspecified atom stereocenters. The van der Waals surface area contributed by atoms with Crippen LogP contribution in [0.15, 0.2) is 54.6 Å². The Balaban J connectivity index is 2.13. The van der Waals surface area contributed by atoms with Crippen molar-refractivity contribution in [2.75, 3.05) is 6.61 Å². The first-order chi connectivity index (χ1) is 9.70. The second kappa shape index (κ2) is 6.93. The number of phenolic OH excluding ortho intramolecular Hbond substituents is 1. The molecule has 106 valence electrons. The largest absolute Gasteiger partial charge is 0.508 e. The molecule has 2 atom stereocenters. The van der Waals surface area contributed by atoms with Crippen LogP contribution < -0.4 is 4.74 Å². The second-order valence-corrected chi connectivity index (χ2v) is 4.52. The van der Waals surface area contributed by atoms with Crippen molar-refractivity contribution in [3.63, 3.8) is 0 Å². The molecule has 0 radical (unpaired) electrons. The molecule has 0 aliphatic heterocycles. The van der Waals surface area contributed by atoms with Gasteiger partial charge in [-0.05, 0) is 29.8 Å². The maximum Gasteiger partial charge on any atom is 0.131 e. The molecular weight excluding hydrogens is 256 g/mol. The highest BCUT2D eigenvalue weighted by Crippen LogP contribution is 2.25. The van der Waals surface area contributed by atoms with Gasteiger partial charge in [-0.2, -0.15) is 0 Å². The van der Waals surface area contributed by atoms with E-state index in [1.165, 1.54) is 12.1 Å². The first kappa shape index (κ1) is 14.4. The highest BCUT2D eigenvalue weighted by atomic mass is 16.5. The van der Waals surface area contributed by atoms with Crippen LogP contribution in [0.1, 0.15) is 18.1 Å². The average Bonchev–Trinajstić information content (AvgIpc) is 2.48. The molecule has 2 aromatic carbocycles. The number of aliphatic hydroxyl groups is 2. The molecule has 3 N–H and O–H groups in total. The number of aromatic hydroxyl groups is 1. The molecule has 0 aromatic heterocycles. The lowest BCUT2D eigenvalue weighted by atomic mass is 10.0. The summed E-state index contributed by atoms with van der Waals surface area (Å²) in [5.41, 5.74) is 0.636. The Morgan fingerprint density at radius 3 is 2.20 bits per heavy atom. The van der Waals surface area contributed by atoms with Crippen molar-refractivity contribution in [2.24, 2.45) is 0 Å². The first-order valence-corrected chi connectivity index (χ1v) is 6.50. The van der Waals surface area contributed by atoms with E-state index in [9.17, 15) is 10.2 Å². The number of para-hydroxylation sites is 1. The minimum absolute atomic E-state index is 0.0767. The molecule has 2 rings (SSSR count). The van der Waals surface area contributed by atoms with E-state index in [1.54, 1.807) is 24.3 Å². The molecule has 4 heteroatoms. The highest BCUT2D eigenvalue weighted by molar-refractivity contribution is 5.28. The van der Waals surface area contributed by atoms with E-state index in [4.69, 9.17) is 9.84 Å². The zero-order chi connectivity index (χ0) is 14.4. The maximum absolute atomic E-state index is 10.3. The normalized spacial score (nSPS) is 13.7. The van der Waals surface area contributed by atoms with Crippen LogP contribution in [0.2, 0.25) is 0 Å². The average molecular weight is 274 g/mol. The van der Waals surface area contributed by atoms with Gasteiger partial charge in [0.1, 0.15) is 23.7 Å². The zero-order valence-corrected chi connectivity index (χ0v) is 11.0. The van der Waals surface area contributed by atoms with E-state index in [2.05, 4.69) is 0 Å². The van der Waals surface area contributed by atoms with Crippen LogP contribution in [0.25, 0.3) is 0 Å². The summed E-state index contributed by atoms with van der Waals surface area (Å²) < 4.78 is 5.73. The van der Waals surface area contributed by atoms with Gasteiger partial charge in [-0.1, -0.05) is 30.3 Å². The van der Waals surface area contributed by atoms with E-state index in [0.29, 0.717) is 17.7 Å². The summed E-state index contributed by atoms with van der Waals surface area (Å²) in [6.45, 7) is -0.0767. The number of hydrogen-bond acceptors (Lipinski definition) is 4. The molecule has 4 nitrogen and oxygen atoms in total. The lowest BCUT2D eigenvalue weighted by Gasteiger charge is -2.24. The minimum atomic E-state index is -0.872. The van der Waals surface area contributed by atoms with Gasteiger partial charge in [0.05, 0.1) is 0 Å². The van der Waals surface area contributed by atoms with Crippen LogP contribution >= 0.6 is 0 Å². The molecule has 0 aliphatic carbocycles. The van der Waals surface area contributed by atoms with Crippen LogP contribution in [0.3, 0.4) is 0 Å². The number of rotatable bonds is 6. The number of benzene rings is 2. The number of ether oxygens (including phenoxy) is 1. The summed E-state index contributed by atoms with van der Waals surface area (Å²) in [6, 6.07) is 15.5. The Bertz CT molecular complexity index is 510. The second-order valence-electron chi connectivity index (χ2n) is 4.52. The van der Waals surface area contributed by atoms with Gasteiger partial charge in [-0.25, -0.2) is 0 Å². The SMILES string of the molecule is OCC[C@@H](Oc1ccccc1)[C@H](O)c1ccc(O)cc1. The molecule has 0 saturated carbocycles. The predicted molar refractivity (Wildman–Crippen MR) is 75.6 cm³/mol. The monoisotopic (exact) mass is 274 g/mol. The van der Waals surface area contributed by atoms with Gasteiger partial charge in [0, 0.05) is 13.0 Å². The van der Waals surface area contributed by atoms with Crippen LogP contribution in [0.4, 0.5) is 0 Å². The third-order valence-electron chi connectivity index (χ3n) is 3.03. The lowest BCUT2D eigenvalue weighted by molar-refractivity contribution is 0.0204. The summed E-state index contributed by atoms with van der Waals surface area (Å²) in [7, 11) is 0. The Hall–Kier alpha value is -2.04. The van der Waals surface area contributed by atoms with Crippen molar-refractivity contribution in [3.8, 4) is 11.5 Å². The fourth-order valence-corrected chi connectivity index (χ4v) is 1.97. The quantitative estimate of drug-likeness (QED) is 0.755. The molecule has 0 aliphatic rings. The highest BCUT2D eigenvalue weighted by Gasteiger charge is 2.22. The topological polar surface area (TPSA) is 69.9 Å². The van der Waals surface area contributed by atoms with Gasteiger partial charge in [-0.3, -0.25) is 0 Å². The van der Waals surface area contributed by atoms with Crippen LogP contribution in [0, 0.1) is 0 Å². The fraction of sp³-hybridized carbons (Fsp3) is 0.250. The van der Waals surface area contributed by atoms with Gasteiger partial charge in [0.25, 0.3) is 0 Å². The van der Waals surface area contributed by atoms with E-state index in [-0.39, 0.29) is 12.4 Å². The van der Waals surface area contributed by atoms with Crippen molar-refractivity contribution in [2.45, 2.75) is 18.6 Å². The standard InChI is InChI=1S/C16H18O4/c17-11-10-15(20-14-4-2-1-3-5-14)16(19)12-6-8-13(18)9-7-12/h1-9,15-19H,10-11H2/t15-,16-/m1/s1. The summed E-state index contributed by atoms with van der Waals surface area (Å²) in [5.74, 6) is 0.785. The first-order valence-electron chi connectivity index (χ1n) is 6.50. The van der Waals surface area contributed by atoms with Crippen molar-refractivity contribution in [3.05, 3.63) is 60.2 Å². The minimum Gasteiger partial charge on any atom is -0.508 e. The van der Waals surface area contributed by atoms with E-state index >= 15 is 0 Å². The van der Waals surface area contributed by atoms with E-state index < -0.39 is 12.2 Å². The van der Waals surface area contributed by atoms with Gasteiger partial charge < -0.3 is 20.1 Å². The Morgan fingerprint density at radius 2 is 1.60 bits per heavy atom. The van der Waals surface area contributed by atoms with Crippen molar-refractivity contribution in [1.82, 2.24) is 0 Å². The molecule has 20 heavy (non-hydrogen) atoms. The number of aliphatic hydroxyl groups excluding tert-OH is 2. The van der Waals surface area contributed by atoms with Crippen molar-refractivity contribution < 1.29 is 20.1 Å². The van der Waals surface area contributed by atoms with Crippen LogP contribution in [-0.2, 0) is 0 Å². The third kappa shape index (κ3) is 3.73. The van der Waals surface area contributed by atoms with Gasteiger partial charge in [0.2, 0.25) is 0 Å². The van der Waals surface area contributed by atoms with E-state index in [1.807, 2.05) is 18.2 Å². The predicted octanol–water partition coefficient (Wildman–Crippen LogP) is 2.26. The van der Waals surface area contributed by atoms with Crippen molar-refractivity contribution >= 4 is 0 Å². The molecule has 0 spiro atoms. The van der Waals surface area contributed by atoms with Crippen molar-refractivity contribution in [1.29, 1.82) is 0 Å². The van der Waals surface area contributed by atoms with Crippen LogP contribution in [-0.4, -0.2) is 28.0 Å². The fourth-order valence-electron chi connectivity index (χ4n) is 1.97. The van der Waals surface area contributed by atoms with Gasteiger partial charge in [0.15, 0.2) is 0 Å². The summed E-state index contributed by atoms with van der Waals surface area (Å²) in [4.78, 5) is 0. The molecule has 0 saturated heterocycles. The molecular formula is C16H18O4. The smallest absolute Gasteiger partial charge is 0.131 e. The Labute approximate surface area is 117 Å². The third-order valence-corrected chi connectivity index (χ3v) is 3.03. The molecule has 0 bridgehead atoms. The van der Waals surface area contributed by atoms with Gasteiger partial charge >= 0.3 is 0 Å². The maximum atomic E-state index is 10.3. The lowest BCUT2D eigenvalue weighted by Crippen LogP contribution is -2.26. The number of hydrogen-bond donors (Lipinski definition) is 3. The zero-order valence-electron chi connectivity index (χ0n) is 11.0. The molecule has 0 amide bonds. The van der Waals surface area contributed by atoms with E-state index in [0.717, 1.165) is 0 Å².